The average molecular weight is 333 g/mol. The Bertz CT molecular complexity index is 527. The summed E-state index contributed by atoms with van der Waals surface area (Å²) in [5.74, 6) is 0. The van der Waals surface area contributed by atoms with E-state index in [-0.39, 0.29) is 29.6 Å². The summed E-state index contributed by atoms with van der Waals surface area (Å²) in [5.41, 5.74) is 1.25. The molecule has 0 bridgehead atoms. The fourth-order valence-corrected chi connectivity index (χ4v) is 2.86. The summed E-state index contributed by atoms with van der Waals surface area (Å²) in [5, 5.41) is 15.9. The summed E-state index contributed by atoms with van der Waals surface area (Å²) in [4.78, 5) is 14.3. The van der Waals surface area contributed by atoms with Gasteiger partial charge in [-0.3, -0.25) is 4.90 Å². The molecule has 2 amide bonds. The number of carbonyl (C=O) groups excluding carboxylic acids is 1. The summed E-state index contributed by atoms with van der Waals surface area (Å²) < 4.78 is 0. The topological polar surface area (TPSA) is 64.6 Å². The summed E-state index contributed by atoms with van der Waals surface area (Å²) in [6, 6.07) is 10.3. The zero-order valence-electron chi connectivity index (χ0n) is 15.2. The van der Waals surface area contributed by atoms with E-state index in [9.17, 15) is 9.90 Å². The molecule has 2 rings (SSSR count). The lowest BCUT2D eigenvalue weighted by Crippen LogP contribution is -2.49. The van der Waals surface area contributed by atoms with E-state index in [2.05, 4.69) is 48.4 Å². The zero-order valence-corrected chi connectivity index (χ0v) is 15.2. The Morgan fingerprint density at radius 1 is 1.33 bits per heavy atom. The lowest BCUT2D eigenvalue weighted by Gasteiger charge is -2.29. The largest absolute Gasteiger partial charge is 0.392 e. The van der Waals surface area contributed by atoms with Crippen molar-refractivity contribution in [2.24, 2.45) is 5.41 Å². The van der Waals surface area contributed by atoms with Crippen LogP contribution in [0.3, 0.4) is 0 Å². The molecule has 0 aromatic heterocycles. The number of likely N-dealkylation sites (tertiary alicyclic amines) is 1. The Morgan fingerprint density at radius 2 is 2.00 bits per heavy atom. The molecule has 24 heavy (non-hydrogen) atoms. The van der Waals surface area contributed by atoms with Gasteiger partial charge in [-0.15, -0.1) is 0 Å². The van der Waals surface area contributed by atoms with E-state index >= 15 is 0 Å². The molecule has 3 atom stereocenters. The van der Waals surface area contributed by atoms with Crippen molar-refractivity contribution in [2.45, 2.75) is 58.8 Å². The molecule has 1 aliphatic heterocycles. The van der Waals surface area contributed by atoms with Crippen LogP contribution in [0.5, 0.6) is 0 Å². The number of aliphatic hydroxyl groups is 1. The van der Waals surface area contributed by atoms with Gasteiger partial charge < -0.3 is 15.7 Å². The van der Waals surface area contributed by atoms with Crippen LogP contribution in [0.2, 0.25) is 0 Å². The second-order valence-corrected chi connectivity index (χ2v) is 7.90. The molecule has 3 unspecified atom stereocenters. The van der Waals surface area contributed by atoms with Gasteiger partial charge in [0.25, 0.3) is 0 Å². The minimum Gasteiger partial charge on any atom is -0.392 e. The smallest absolute Gasteiger partial charge is 0.315 e. The van der Waals surface area contributed by atoms with E-state index in [0.717, 1.165) is 6.54 Å². The molecular formula is C19H31N3O2. The Hall–Kier alpha value is -1.59. The third kappa shape index (κ3) is 5.49. The summed E-state index contributed by atoms with van der Waals surface area (Å²) in [6.45, 7) is 10.3. The molecule has 1 aromatic carbocycles. The molecule has 1 aliphatic rings. The Balaban J connectivity index is 1.84. The van der Waals surface area contributed by atoms with Gasteiger partial charge in [0.1, 0.15) is 0 Å². The number of carbonyl (C=O) groups is 1. The van der Waals surface area contributed by atoms with Crippen molar-refractivity contribution in [1.82, 2.24) is 15.5 Å². The second kappa shape index (κ2) is 7.99. The van der Waals surface area contributed by atoms with Crippen molar-refractivity contribution in [3.05, 3.63) is 35.9 Å². The van der Waals surface area contributed by atoms with Crippen LogP contribution in [0, 0.1) is 5.41 Å². The number of aliphatic hydroxyl groups excluding tert-OH is 1. The van der Waals surface area contributed by atoms with E-state index in [1.165, 1.54) is 5.56 Å². The number of benzene rings is 1. The summed E-state index contributed by atoms with van der Waals surface area (Å²) in [7, 11) is 0. The number of nitrogens with zero attached hydrogens (tertiary/aromatic N) is 1. The third-order valence-corrected chi connectivity index (χ3v) is 4.88. The van der Waals surface area contributed by atoms with Crippen LogP contribution in [0.15, 0.2) is 30.3 Å². The highest BCUT2D eigenvalue weighted by Crippen LogP contribution is 2.20. The molecule has 3 N–H and O–H groups in total. The van der Waals surface area contributed by atoms with Crippen LogP contribution >= 0.6 is 0 Å². The molecule has 1 aromatic rings. The zero-order chi connectivity index (χ0) is 17.7. The van der Waals surface area contributed by atoms with Crippen LogP contribution in [-0.4, -0.2) is 47.3 Å². The maximum Gasteiger partial charge on any atom is 0.315 e. The molecular weight excluding hydrogens is 302 g/mol. The Morgan fingerprint density at radius 3 is 2.62 bits per heavy atom. The fraction of sp³-hybridized carbons (Fsp3) is 0.632. The Labute approximate surface area is 145 Å². The van der Waals surface area contributed by atoms with Crippen molar-refractivity contribution in [3.63, 3.8) is 0 Å². The quantitative estimate of drug-likeness (QED) is 0.775. The predicted molar refractivity (Wildman–Crippen MR) is 96.7 cm³/mol. The van der Waals surface area contributed by atoms with Gasteiger partial charge in [-0.25, -0.2) is 4.79 Å². The SMILES string of the molecule is CC(NC(=O)NCC1CC(O)CN1Cc1ccccc1)C(C)(C)C. The third-order valence-electron chi connectivity index (χ3n) is 4.88. The van der Waals surface area contributed by atoms with Gasteiger partial charge in [0.2, 0.25) is 0 Å². The van der Waals surface area contributed by atoms with Gasteiger partial charge in [0, 0.05) is 31.7 Å². The van der Waals surface area contributed by atoms with Crippen LogP contribution < -0.4 is 10.6 Å². The number of rotatable bonds is 5. The molecule has 1 heterocycles. The molecule has 0 saturated carbocycles. The van der Waals surface area contributed by atoms with Gasteiger partial charge in [-0.05, 0) is 24.3 Å². The first-order valence-electron chi connectivity index (χ1n) is 8.76. The first-order chi connectivity index (χ1) is 11.3. The van der Waals surface area contributed by atoms with Gasteiger partial charge >= 0.3 is 6.03 Å². The highest BCUT2D eigenvalue weighted by molar-refractivity contribution is 5.74. The first-order valence-corrected chi connectivity index (χ1v) is 8.76. The molecule has 0 aliphatic carbocycles. The molecule has 134 valence electrons. The van der Waals surface area contributed by atoms with E-state index < -0.39 is 0 Å². The van der Waals surface area contributed by atoms with Crippen molar-refractivity contribution in [1.29, 1.82) is 0 Å². The van der Waals surface area contributed by atoms with Crippen LogP contribution in [0.25, 0.3) is 0 Å². The standard InChI is InChI=1S/C19H31N3O2/c1-14(19(2,3)4)21-18(24)20-11-16-10-17(23)13-22(16)12-15-8-6-5-7-9-15/h5-9,14,16-17,23H,10-13H2,1-4H3,(H2,20,21,24). The fourth-order valence-electron chi connectivity index (χ4n) is 2.86. The predicted octanol–water partition coefficient (Wildman–Crippen LogP) is 2.36. The van der Waals surface area contributed by atoms with Crippen molar-refractivity contribution in [2.75, 3.05) is 13.1 Å². The molecule has 5 nitrogen and oxygen atoms in total. The second-order valence-electron chi connectivity index (χ2n) is 7.90. The number of nitrogens with one attached hydrogen (secondary N) is 2. The van der Waals surface area contributed by atoms with Gasteiger partial charge in [-0.2, -0.15) is 0 Å². The van der Waals surface area contributed by atoms with Crippen molar-refractivity contribution >= 4 is 6.03 Å². The Kier molecular flexibility index (Phi) is 6.24. The van der Waals surface area contributed by atoms with E-state index in [1.807, 2.05) is 25.1 Å². The summed E-state index contributed by atoms with van der Waals surface area (Å²) in [6.07, 6.45) is 0.374. The minimum atomic E-state index is -0.322. The lowest BCUT2D eigenvalue weighted by molar-refractivity contribution is 0.172. The summed E-state index contributed by atoms with van der Waals surface area (Å²) >= 11 is 0. The first kappa shape index (κ1) is 18.7. The average Bonchev–Trinajstić information content (AvgIpc) is 2.85. The van der Waals surface area contributed by atoms with Gasteiger partial charge in [0.05, 0.1) is 6.10 Å². The van der Waals surface area contributed by atoms with Crippen molar-refractivity contribution in [3.8, 4) is 0 Å². The molecule has 1 fully saturated rings. The molecule has 5 heteroatoms. The maximum atomic E-state index is 12.1. The van der Waals surface area contributed by atoms with E-state index in [4.69, 9.17) is 0 Å². The van der Waals surface area contributed by atoms with E-state index in [1.54, 1.807) is 0 Å². The minimum absolute atomic E-state index is 0.0280. The normalized spacial score (nSPS) is 23.0. The van der Waals surface area contributed by atoms with Crippen LogP contribution in [0.1, 0.15) is 39.7 Å². The van der Waals surface area contributed by atoms with Crippen molar-refractivity contribution < 1.29 is 9.90 Å². The number of hydrogen-bond acceptors (Lipinski definition) is 3. The highest BCUT2D eigenvalue weighted by Gasteiger charge is 2.31. The number of urea groups is 1. The van der Waals surface area contributed by atoms with Gasteiger partial charge in [0.15, 0.2) is 0 Å². The maximum absolute atomic E-state index is 12.1. The highest BCUT2D eigenvalue weighted by atomic mass is 16.3. The number of amides is 2. The molecule has 0 radical (unpaired) electrons. The van der Waals surface area contributed by atoms with Gasteiger partial charge in [-0.1, -0.05) is 51.1 Å². The van der Waals surface area contributed by atoms with Crippen LogP contribution in [0.4, 0.5) is 4.79 Å². The molecule has 1 saturated heterocycles. The number of β-amino-alcohol motifs (C(OH)–C–C–N with tert-alkyl or cyclic N) is 1. The number of hydrogen-bond donors (Lipinski definition) is 3. The lowest BCUT2D eigenvalue weighted by atomic mass is 9.88. The van der Waals surface area contributed by atoms with E-state index in [0.29, 0.717) is 19.5 Å². The monoisotopic (exact) mass is 333 g/mol. The van der Waals surface area contributed by atoms with Crippen LogP contribution in [-0.2, 0) is 6.54 Å². The molecule has 0 spiro atoms.